The van der Waals surface area contributed by atoms with Crippen molar-refractivity contribution in [3.05, 3.63) is 90.0 Å². The lowest BCUT2D eigenvalue weighted by Gasteiger charge is -2.30. The number of hydrogen-bond acceptors (Lipinski definition) is 8. The van der Waals surface area contributed by atoms with Gasteiger partial charge in [0.05, 0.1) is 24.4 Å². The maximum atomic E-state index is 13.8. The number of halogens is 1. The highest BCUT2D eigenvalue weighted by Crippen LogP contribution is 2.43. The number of hydrogen-bond donors (Lipinski definition) is 2. The van der Waals surface area contributed by atoms with Gasteiger partial charge in [0.25, 0.3) is 5.91 Å². The lowest BCUT2D eigenvalue weighted by molar-refractivity contribution is -0.129. The van der Waals surface area contributed by atoms with Crippen LogP contribution in [0.2, 0.25) is 0 Å². The third-order valence-corrected chi connectivity index (χ3v) is 8.39. The van der Waals surface area contributed by atoms with E-state index >= 15 is 0 Å². The van der Waals surface area contributed by atoms with Crippen LogP contribution in [0.1, 0.15) is 30.1 Å². The molecule has 0 spiro atoms. The van der Waals surface area contributed by atoms with Crippen molar-refractivity contribution in [2.45, 2.75) is 29.4 Å². The number of aliphatic hydroxyl groups is 1. The van der Waals surface area contributed by atoms with Crippen molar-refractivity contribution in [2.75, 3.05) is 39.3 Å². The molecule has 0 aliphatic carbocycles. The summed E-state index contributed by atoms with van der Waals surface area (Å²) in [4.78, 5) is 18.6. The number of ether oxygens (including phenoxy) is 3. The summed E-state index contributed by atoms with van der Waals surface area (Å²) in [5.74, 6) is 0.167. The molecular formula is C30H33FN2O7S. The molecule has 2 atom stereocenters. The van der Waals surface area contributed by atoms with Crippen LogP contribution in [0.3, 0.4) is 0 Å². The highest BCUT2D eigenvalue weighted by atomic mass is 32.2. The molecule has 0 unspecified atom stereocenters. The molecule has 0 saturated heterocycles. The summed E-state index contributed by atoms with van der Waals surface area (Å²) in [5, 5.41) is 11.5. The number of amides is 1. The number of carbonyl (C=O) groups is 1. The zero-order chi connectivity index (χ0) is 29.3. The molecule has 9 nitrogen and oxygen atoms in total. The SMILES string of the molecule is COc1cccc([C@H]2OC(c3ccc(OCCCO)cc3)=N[C@@]2(CCS(=O)(=O)c2ccccc2)C(=O)NCCF)c1. The minimum absolute atomic E-state index is 0.0148. The van der Waals surface area contributed by atoms with Gasteiger partial charge in [0.15, 0.2) is 21.5 Å². The van der Waals surface area contributed by atoms with E-state index in [2.05, 4.69) is 5.32 Å². The molecule has 3 aromatic carbocycles. The van der Waals surface area contributed by atoms with E-state index in [0.29, 0.717) is 35.7 Å². The van der Waals surface area contributed by atoms with Gasteiger partial charge in [-0.2, -0.15) is 0 Å². The van der Waals surface area contributed by atoms with Crippen LogP contribution < -0.4 is 14.8 Å². The first kappa shape index (κ1) is 30.0. The molecule has 218 valence electrons. The third kappa shape index (κ3) is 7.04. The number of rotatable bonds is 14. The summed E-state index contributed by atoms with van der Waals surface area (Å²) >= 11 is 0. The Morgan fingerprint density at radius 3 is 2.51 bits per heavy atom. The normalized spacial score (nSPS) is 18.3. The molecular weight excluding hydrogens is 551 g/mol. The summed E-state index contributed by atoms with van der Waals surface area (Å²) in [5.41, 5.74) is -0.646. The van der Waals surface area contributed by atoms with E-state index in [4.69, 9.17) is 24.3 Å². The van der Waals surface area contributed by atoms with Gasteiger partial charge in [-0.1, -0.05) is 30.3 Å². The Bertz CT molecular complexity index is 1450. The van der Waals surface area contributed by atoms with E-state index in [1.54, 1.807) is 66.7 Å². The van der Waals surface area contributed by atoms with Crippen LogP contribution in [0.5, 0.6) is 11.5 Å². The van der Waals surface area contributed by atoms with E-state index in [0.717, 1.165) is 0 Å². The molecule has 1 aliphatic heterocycles. The molecule has 41 heavy (non-hydrogen) atoms. The molecule has 2 N–H and O–H groups in total. The van der Waals surface area contributed by atoms with Crippen molar-refractivity contribution in [1.82, 2.24) is 5.32 Å². The molecule has 0 aromatic heterocycles. The minimum atomic E-state index is -3.80. The second kappa shape index (κ2) is 13.6. The maximum absolute atomic E-state index is 13.8. The van der Waals surface area contributed by atoms with Crippen LogP contribution >= 0.6 is 0 Å². The Morgan fingerprint density at radius 1 is 1.07 bits per heavy atom. The van der Waals surface area contributed by atoms with Crippen molar-refractivity contribution in [2.24, 2.45) is 4.99 Å². The summed E-state index contributed by atoms with van der Waals surface area (Å²) in [6.45, 7) is -0.704. The molecule has 0 saturated carbocycles. The van der Waals surface area contributed by atoms with Crippen molar-refractivity contribution < 1.29 is 36.9 Å². The van der Waals surface area contributed by atoms with Gasteiger partial charge < -0.3 is 24.6 Å². The van der Waals surface area contributed by atoms with E-state index in [9.17, 15) is 17.6 Å². The van der Waals surface area contributed by atoms with Crippen molar-refractivity contribution in [3.63, 3.8) is 0 Å². The first-order valence-electron chi connectivity index (χ1n) is 13.2. The van der Waals surface area contributed by atoms with Crippen LogP contribution in [0, 0.1) is 0 Å². The lowest BCUT2D eigenvalue weighted by Crippen LogP contribution is -2.49. The molecule has 0 radical (unpaired) electrons. The highest BCUT2D eigenvalue weighted by Gasteiger charge is 2.53. The number of aliphatic hydroxyl groups excluding tert-OH is 1. The van der Waals surface area contributed by atoms with E-state index in [-0.39, 0.29) is 30.4 Å². The van der Waals surface area contributed by atoms with Crippen molar-refractivity contribution in [1.29, 1.82) is 0 Å². The average molecular weight is 585 g/mol. The average Bonchev–Trinajstić information content (AvgIpc) is 3.41. The summed E-state index contributed by atoms with van der Waals surface area (Å²) in [6, 6.07) is 21.7. The first-order valence-corrected chi connectivity index (χ1v) is 14.8. The molecule has 3 aromatic rings. The number of aliphatic imine (C=N–C) groups is 1. The lowest BCUT2D eigenvalue weighted by atomic mass is 9.85. The van der Waals surface area contributed by atoms with E-state index < -0.39 is 39.8 Å². The van der Waals surface area contributed by atoms with Crippen molar-refractivity contribution >= 4 is 21.6 Å². The van der Waals surface area contributed by atoms with Gasteiger partial charge in [0.1, 0.15) is 18.2 Å². The van der Waals surface area contributed by atoms with E-state index in [1.165, 1.54) is 19.2 Å². The molecule has 1 heterocycles. The van der Waals surface area contributed by atoms with Gasteiger partial charge in [-0.25, -0.2) is 17.8 Å². The predicted molar refractivity (Wildman–Crippen MR) is 152 cm³/mol. The number of carbonyl (C=O) groups excluding carboxylic acids is 1. The molecule has 0 bridgehead atoms. The van der Waals surface area contributed by atoms with Gasteiger partial charge in [-0.05, 0) is 54.1 Å². The minimum Gasteiger partial charge on any atom is -0.497 e. The fourth-order valence-electron chi connectivity index (χ4n) is 4.52. The fourth-order valence-corrected chi connectivity index (χ4v) is 5.91. The molecule has 0 fully saturated rings. The van der Waals surface area contributed by atoms with Gasteiger partial charge in [0.2, 0.25) is 5.90 Å². The van der Waals surface area contributed by atoms with E-state index in [1.807, 2.05) is 0 Å². The van der Waals surface area contributed by atoms with Crippen LogP contribution in [0.4, 0.5) is 4.39 Å². The molecule has 11 heteroatoms. The van der Waals surface area contributed by atoms with Crippen LogP contribution in [0.25, 0.3) is 0 Å². The third-order valence-electron chi connectivity index (χ3n) is 6.66. The van der Waals surface area contributed by atoms with Gasteiger partial charge in [0, 0.05) is 31.6 Å². The topological polar surface area (TPSA) is 124 Å². The standard InChI is InChI=1S/C30H33FN2O7S/c1-38-25-8-5-7-23(21-25)27-30(29(35)32-17-16-31,15-20-41(36,37)26-9-3-2-4-10-26)33-28(40-27)22-11-13-24(14-12-22)39-19-6-18-34/h2-5,7-14,21,27,34H,6,15-20H2,1H3,(H,32,35)/t27-,30-/m1/s1. The summed E-state index contributed by atoms with van der Waals surface area (Å²) in [6.07, 6.45) is -0.767. The highest BCUT2D eigenvalue weighted by molar-refractivity contribution is 7.91. The smallest absolute Gasteiger partial charge is 0.252 e. The largest absolute Gasteiger partial charge is 0.497 e. The maximum Gasteiger partial charge on any atom is 0.252 e. The van der Waals surface area contributed by atoms with Crippen LogP contribution in [0.15, 0.2) is 88.8 Å². The number of methoxy groups -OCH3 is 1. The van der Waals surface area contributed by atoms with Gasteiger partial charge >= 0.3 is 0 Å². The Morgan fingerprint density at radius 2 is 1.83 bits per heavy atom. The Labute approximate surface area is 238 Å². The first-order chi connectivity index (χ1) is 19.8. The molecule has 4 rings (SSSR count). The number of alkyl halides is 1. The van der Waals surface area contributed by atoms with Gasteiger partial charge in [-0.15, -0.1) is 0 Å². The number of nitrogens with one attached hydrogen (secondary N) is 1. The Hall–Kier alpha value is -3.96. The number of nitrogens with zero attached hydrogens (tertiary/aromatic N) is 1. The molecule has 1 amide bonds. The fraction of sp³-hybridized carbons (Fsp3) is 0.333. The number of sulfone groups is 1. The zero-order valence-electron chi connectivity index (χ0n) is 22.7. The monoisotopic (exact) mass is 584 g/mol. The summed E-state index contributed by atoms with van der Waals surface area (Å²) in [7, 11) is -2.29. The van der Waals surface area contributed by atoms with Crippen LogP contribution in [-0.2, 0) is 19.4 Å². The van der Waals surface area contributed by atoms with Crippen LogP contribution in [-0.4, -0.2) is 70.2 Å². The second-order valence-electron chi connectivity index (χ2n) is 9.39. The Kier molecular flexibility index (Phi) is 9.95. The van der Waals surface area contributed by atoms with Crippen molar-refractivity contribution in [3.8, 4) is 11.5 Å². The molecule has 1 aliphatic rings. The zero-order valence-corrected chi connectivity index (χ0v) is 23.5. The van der Waals surface area contributed by atoms with Gasteiger partial charge in [-0.3, -0.25) is 4.79 Å². The quantitative estimate of drug-likeness (QED) is 0.277. The number of benzene rings is 3. The predicted octanol–water partition coefficient (Wildman–Crippen LogP) is 3.66. The summed E-state index contributed by atoms with van der Waals surface area (Å²) < 4.78 is 57.0. The second-order valence-corrected chi connectivity index (χ2v) is 11.5. The Balaban J connectivity index is 1.76.